The van der Waals surface area contributed by atoms with Crippen LogP contribution in [0.1, 0.15) is 58.3 Å². The maximum Gasteiger partial charge on any atom is 0.0626 e. The molecule has 0 rings (SSSR count). The third-order valence-electron chi connectivity index (χ3n) is 2.95. The molecule has 19 heavy (non-hydrogen) atoms. The van der Waals surface area contributed by atoms with Crippen molar-refractivity contribution in [2.75, 3.05) is 18.1 Å². The maximum atomic E-state index is 8.69. The first-order valence-electron chi connectivity index (χ1n) is 7.15. The molecule has 0 aromatic rings. The van der Waals surface area contributed by atoms with Crippen molar-refractivity contribution in [3.05, 3.63) is 0 Å². The fraction of sp³-hybridized carbons (Fsp3) is 0.857. The number of hydrogen-bond acceptors (Lipinski definition) is 4. The van der Waals surface area contributed by atoms with Crippen LogP contribution in [0.5, 0.6) is 0 Å². The lowest BCUT2D eigenvalue weighted by molar-refractivity contribution is 0.627. The van der Waals surface area contributed by atoms with E-state index < -0.39 is 5.24 Å². The summed E-state index contributed by atoms with van der Waals surface area (Å²) >= 11 is 7.62. The molecule has 108 valence electrons. The van der Waals surface area contributed by atoms with Crippen molar-refractivity contribution in [2.45, 2.75) is 58.3 Å². The van der Waals surface area contributed by atoms with E-state index in [1.807, 2.05) is 11.4 Å². The summed E-state index contributed by atoms with van der Waals surface area (Å²) in [5.74, 6) is 1.11. The zero-order valence-corrected chi connectivity index (χ0v) is 14.5. The number of hydrogen-bond donors (Lipinski definition) is 0. The maximum absolute atomic E-state index is 8.69. The van der Waals surface area contributed by atoms with E-state index in [4.69, 9.17) is 22.3 Å². The third-order valence-corrected chi connectivity index (χ3v) is 10.8. The molecule has 5 heteroatoms. The summed E-state index contributed by atoms with van der Waals surface area (Å²) in [7, 11) is 0. The van der Waals surface area contributed by atoms with Gasteiger partial charge in [0.15, 0.2) is 0 Å². The zero-order chi connectivity index (χ0) is 14.4. The molecule has 0 bridgehead atoms. The Bertz CT molecular complexity index is 322. The van der Waals surface area contributed by atoms with Crippen LogP contribution in [0.3, 0.4) is 0 Å². The average molecular weight is 316 g/mol. The lowest BCUT2D eigenvalue weighted by Gasteiger charge is -2.19. The van der Waals surface area contributed by atoms with Gasteiger partial charge in [0.05, 0.1) is 12.1 Å². The van der Waals surface area contributed by atoms with Crippen LogP contribution in [0, 0.1) is 22.7 Å². The van der Waals surface area contributed by atoms with Crippen molar-refractivity contribution in [1.29, 1.82) is 10.5 Å². The van der Waals surface area contributed by atoms with Crippen molar-refractivity contribution in [2.24, 2.45) is 0 Å². The minimum Gasteiger partial charge on any atom is -0.198 e. The lowest BCUT2D eigenvalue weighted by atomic mass is 10.1. The fourth-order valence-electron chi connectivity index (χ4n) is 1.79. The molecular weight excluding hydrogens is 291 g/mol. The standard InChI is InChI=1S/C14H25N2PS2/c1-2-3-4-5-6-7-14-19-17(18,12-8-10-15)13-9-11-16/h2-9,12-14H2,1H3. The van der Waals surface area contributed by atoms with Crippen LogP contribution in [-0.2, 0) is 11.8 Å². The van der Waals surface area contributed by atoms with Crippen molar-refractivity contribution in [3.8, 4) is 12.1 Å². The van der Waals surface area contributed by atoms with E-state index >= 15 is 0 Å². The molecule has 0 fully saturated rings. The monoisotopic (exact) mass is 316 g/mol. The predicted octanol–water partition coefficient (Wildman–Crippen LogP) is 5.30. The molecule has 0 aliphatic rings. The highest BCUT2D eigenvalue weighted by molar-refractivity contribution is 8.70. The molecule has 0 N–H and O–H groups in total. The minimum absolute atomic E-state index is 0.548. The molecule has 0 aromatic heterocycles. The summed E-state index contributed by atoms with van der Waals surface area (Å²) in [5, 5.41) is 15.9. The Hall–Kier alpha value is -0.0200. The van der Waals surface area contributed by atoms with Gasteiger partial charge in [-0.2, -0.15) is 10.5 Å². The molecule has 0 aliphatic carbocycles. The Morgan fingerprint density at radius 3 is 2.00 bits per heavy atom. The van der Waals surface area contributed by atoms with E-state index in [9.17, 15) is 0 Å². The number of nitriles is 2. The lowest BCUT2D eigenvalue weighted by Crippen LogP contribution is -1.93. The van der Waals surface area contributed by atoms with Crippen molar-refractivity contribution in [3.63, 3.8) is 0 Å². The predicted molar refractivity (Wildman–Crippen MR) is 90.3 cm³/mol. The van der Waals surface area contributed by atoms with Crippen molar-refractivity contribution in [1.82, 2.24) is 0 Å². The van der Waals surface area contributed by atoms with Gasteiger partial charge in [0, 0.05) is 18.1 Å². The highest BCUT2D eigenvalue weighted by Gasteiger charge is 2.16. The Kier molecular flexibility index (Phi) is 13.0. The molecule has 2 nitrogen and oxygen atoms in total. The van der Waals surface area contributed by atoms with Crippen LogP contribution in [0.25, 0.3) is 0 Å². The van der Waals surface area contributed by atoms with E-state index in [1.165, 1.54) is 38.5 Å². The molecule has 0 aromatic carbocycles. The number of unbranched alkanes of at least 4 members (excludes halogenated alkanes) is 5. The largest absolute Gasteiger partial charge is 0.198 e. The van der Waals surface area contributed by atoms with Gasteiger partial charge in [-0.25, -0.2) is 0 Å². The molecule has 0 heterocycles. The average Bonchev–Trinajstić information content (AvgIpc) is 2.42. The van der Waals surface area contributed by atoms with Crippen LogP contribution in [0.4, 0.5) is 0 Å². The minimum atomic E-state index is -1.51. The van der Waals surface area contributed by atoms with Gasteiger partial charge in [-0.1, -0.05) is 50.8 Å². The Labute approximate surface area is 127 Å². The Morgan fingerprint density at radius 1 is 0.947 bits per heavy atom. The fourth-order valence-corrected chi connectivity index (χ4v) is 7.75. The highest BCUT2D eigenvalue weighted by atomic mass is 32.9. The molecule has 0 spiro atoms. The molecule has 0 amide bonds. The van der Waals surface area contributed by atoms with E-state index in [1.54, 1.807) is 0 Å². The topological polar surface area (TPSA) is 47.6 Å². The molecule has 0 radical (unpaired) electrons. The van der Waals surface area contributed by atoms with E-state index in [-0.39, 0.29) is 0 Å². The highest BCUT2D eigenvalue weighted by Crippen LogP contribution is 2.59. The first kappa shape index (κ1) is 19.0. The summed E-state index contributed by atoms with van der Waals surface area (Å²) in [6.07, 6.45) is 10.6. The summed E-state index contributed by atoms with van der Waals surface area (Å²) in [6, 6.07) is 4.38. The van der Waals surface area contributed by atoms with Crippen molar-refractivity contribution >= 4 is 28.4 Å². The smallest absolute Gasteiger partial charge is 0.0626 e. The summed E-state index contributed by atoms with van der Waals surface area (Å²) < 4.78 is 0. The molecular formula is C14H25N2PS2. The van der Waals surface area contributed by atoms with Crippen molar-refractivity contribution < 1.29 is 0 Å². The Morgan fingerprint density at radius 2 is 1.47 bits per heavy atom. The first-order valence-corrected chi connectivity index (χ1v) is 11.9. The van der Waals surface area contributed by atoms with Gasteiger partial charge in [0.2, 0.25) is 0 Å². The summed E-state index contributed by atoms with van der Waals surface area (Å²) in [6.45, 7) is 2.23. The van der Waals surface area contributed by atoms with E-state index in [0.29, 0.717) is 12.8 Å². The van der Waals surface area contributed by atoms with Crippen LogP contribution in [0.2, 0.25) is 0 Å². The summed E-state index contributed by atoms with van der Waals surface area (Å²) in [4.78, 5) is 0. The molecule has 0 unspecified atom stereocenters. The van der Waals surface area contributed by atoms with E-state index in [2.05, 4.69) is 19.1 Å². The summed E-state index contributed by atoms with van der Waals surface area (Å²) in [5.41, 5.74) is 0. The second-order valence-electron chi connectivity index (χ2n) is 4.68. The van der Waals surface area contributed by atoms with Crippen LogP contribution in [-0.4, -0.2) is 18.1 Å². The Balaban J connectivity index is 3.83. The first-order chi connectivity index (χ1) is 9.18. The van der Waals surface area contributed by atoms with Crippen LogP contribution >= 0.6 is 16.6 Å². The quantitative estimate of drug-likeness (QED) is 0.362. The van der Waals surface area contributed by atoms with Gasteiger partial charge < -0.3 is 0 Å². The number of nitrogens with zero attached hydrogens (tertiary/aromatic N) is 2. The van der Waals surface area contributed by atoms with Gasteiger partial charge >= 0.3 is 0 Å². The van der Waals surface area contributed by atoms with Gasteiger partial charge in [0.1, 0.15) is 0 Å². The SMILES string of the molecule is CCCCCCCCSP(=S)(CCC#N)CCC#N. The second-order valence-corrected chi connectivity index (χ2v) is 13.5. The van der Waals surface area contributed by atoms with Gasteiger partial charge in [-0.3, -0.25) is 0 Å². The van der Waals surface area contributed by atoms with Gasteiger partial charge in [-0.15, -0.1) is 11.4 Å². The third kappa shape index (κ3) is 11.5. The normalized spacial score (nSPS) is 10.9. The molecule has 0 saturated heterocycles. The zero-order valence-electron chi connectivity index (χ0n) is 11.9. The molecule has 0 atom stereocenters. The second kappa shape index (κ2) is 13.0. The van der Waals surface area contributed by atoms with Crippen LogP contribution in [0.15, 0.2) is 0 Å². The van der Waals surface area contributed by atoms with E-state index in [0.717, 1.165) is 18.1 Å². The van der Waals surface area contributed by atoms with Crippen LogP contribution < -0.4 is 0 Å². The molecule has 0 saturated carbocycles. The number of rotatable bonds is 12. The van der Waals surface area contributed by atoms with Gasteiger partial charge in [0.25, 0.3) is 0 Å². The molecule has 0 aliphatic heterocycles. The van der Waals surface area contributed by atoms with Gasteiger partial charge in [-0.05, 0) is 24.5 Å².